The van der Waals surface area contributed by atoms with E-state index in [0.717, 1.165) is 24.1 Å². The lowest BCUT2D eigenvalue weighted by Gasteiger charge is -2.10. The quantitative estimate of drug-likeness (QED) is 0.484. The Kier molecular flexibility index (Phi) is 5.72. The molecular formula is C23H22N4O2S. The van der Waals surface area contributed by atoms with Crippen LogP contribution >= 0.6 is 11.3 Å². The van der Waals surface area contributed by atoms with Gasteiger partial charge in [0.1, 0.15) is 0 Å². The second kappa shape index (κ2) is 8.59. The van der Waals surface area contributed by atoms with Crippen molar-refractivity contribution in [3.8, 4) is 11.3 Å². The van der Waals surface area contributed by atoms with Crippen LogP contribution in [0.4, 0.5) is 5.13 Å². The smallest absolute Gasteiger partial charge is 0.278 e. The number of rotatable bonds is 6. The summed E-state index contributed by atoms with van der Waals surface area (Å²) in [6.07, 6.45) is 1.75. The molecule has 0 bridgehead atoms. The fraction of sp³-hybridized carbons (Fsp3) is 0.217. The highest BCUT2D eigenvalue weighted by Gasteiger charge is 2.18. The van der Waals surface area contributed by atoms with E-state index in [4.69, 9.17) is 0 Å². The Morgan fingerprint density at radius 3 is 2.57 bits per heavy atom. The zero-order valence-corrected chi connectivity index (χ0v) is 17.7. The summed E-state index contributed by atoms with van der Waals surface area (Å²) in [6.45, 7) is 4.57. The van der Waals surface area contributed by atoms with Gasteiger partial charge in [-0.15, -0.1) is 11.3 Å². The lowest BCUT2D eigenvalue weighted by molar-refractivity contribution is 0.102. The van der Waals surface area contributed by atoms with E-state index in [1.54, 1.807) is 24.3 Å². The van der Waals surface area contributed by atoms with Gasteiger partial charge >= 0.3 is 0 Å². The number of aromatic nitrogens is 3. The molecular weight excluding hydrogens is 396 g/mol. The van der Waals surface area contributed by atoms with Crippen LogP contribution in [0.5, 0.6) is 0 Å². The number of nitrogens with zero attached hydrogens (tertiary/aromatic N) is 3. The number of carbonyl (C=O) groups is 1. The maximum atomic E-state index is 13.0. The lowest BCUT2D eigenvalue weighted by atomic mass is 10.1. The van der Waals surface area contributed by atoms with E-state index in [1.807, 2.05) is 43.5 Å². The van der Waals surface area contributed by atoms with Crippen LogP contribution in [-0.2, 0) is 6.54 Å². The van der Waals surface area contributed by atoms with Crippen LogP contribution in [0.2, 0.25) is 0 Å². The monoisotopic (exact) mass is 418 g/mol. The van der Waals surface area contributed by atoms with Gasteiger partial charge in [0, 0.05) is 22.9 Å². The SMILES string of the molecule is CCCCn1nc(C(=O)Nc2nc(-c3ccc(C)cc3)cs2)c2ccccc2c1=O. The van der Waals surface area contributed by atoms with Crippen molar-refractivity contribution in [2.75, 3.05) is 5.32 Å². The maximum absolute atomic E-state index is 13.0. The van der Waals surface area contributed by atoms with Gasteiger partial charge in [-0.25, -0.2) is 9.67 Å². The topological polar surface area (TPSA) is 76.9 Å². The Labute approximate surface area is 178 Å². The van der Waals surface area contributed by atoms with E-state index >= 15 is 0 Å². The van der Waals surface area contributed by atoms with Gasteiger partial charge in [-0.1, -0.05) is 61.4 Å². The van der Waals surface area contributed by atoms with Crippen LogP contribution in [0.3, 0.4) is 0 Å². The van der Waals surface area contributed by atoms with E-state index < -0.39 is 0 Å². The standard InChI is InChI=1S/C23H22N4O2S/c1-3-4-13-27-22(29)18-8-6-5-7-17(18)20(26-27)21(28)25-23-24-19(14-30-23)16-11-9-15(2)10-12-16/h5-12,14H,3-4,13H2,1-2H3,(H,24,25,28). The van der Waals surface area contributed by atoms with Crippen molar-refractivity contribution in [2.24, 2.45) is 0 Å². The van der Waals surface area contributed by atoms with Crippen LogP contribution in [0.15, 0.2) is 58.7 Å². The fourth-order valence-electron chi connectivity index (χ4n) is 3.21. The highest BCUT2D eigenvalue weighted by Crippen LogP contribution is 2.26. The van der Waals surface area contributed by atoms with Crippen molar-refractivity contribution in [3.05, 3.63) is 75.5 Å². The molecule has 0 unspecified atom stereocenters. The number of carbonyl (C=O) groups excluding carboxylic acids is 1. The minimum absolute atomic E-state index is 0.175. The number of fused-ring (bicyclic) bond motifs is 1. The number of amides is 1. The van der Waals surface area contributed by atoms with Crippen molar-refractivity contribution >= 4 is 33.1 Å². The van der Waals surface area contributed by atoms with Crippen molar-refractivity contribution in [1.29, 1.82) is 0 Å². The molecule has 4 aromatic rings. The first kappa shape index (κ1) is 20.0. The van der Waals surface area contributed by atoms with Crippen molar-refractivity contribution < 1.29 is 4.79 Å². The first-order chi connectivity index (χ1) is 14.6. The Morgan fingerprint density at radius 1 is 1.10 bits per heavy atom. The molecule has 1 N–H and O–H groups in total. The normalized spacial score (nSPS) is 11.0. The van der Waals surface area contributed by atoms with Gasteiger partial charge in [0.15, 0.2) is 10.8 Å². The zero-order chi connectivity index (χ0) is 21.1. The van der Waals surface area contributed by atoms with Crippen molar-refractivity contribution in [3.63, 3.8) is 0 Å². The summed E-state index contributed by atoms with van der Waals surface area (Å²) in [7, 11) is 0. The molecule has 152 valence electrons. The second-order valence-electron chi connectivity index (χ2n) is 7.13. The fourth-order valence-corrected chi connectivity index (χ4v) is 3.92. The third-order valence-corrected chi connectivity index (χ3v) is 5.64. The van der Waals surface area contributed by atoms with E-state index in [1.165, 1.54) is 21.6 Å². The molecule has 0 saturated carbocycles. The molecule has 0 atom stereocenters. The zero-order valence-electron chi connectivity index (χ0n) is 16.9. The average molecular weight is 419 g/mol. The summed E-state index contributed by atoms with van der Waals surface area (Å²) in [5, 5.41) is 10.7. The molecule has 4 rings (SSSR count). The number of benzene rings is 2. The Morgan fingerprint density at radius 2 is 1.83 bits per heavy atom. The molecule has 6 nitrogen and oxygen atoms in total. The molecule has 2 heterocycles. The summed E-state index contributed by atoms with van der Waals surface area (Å²) in [4.78, 5) is 30.3. The molecule has 30 heavy (non-hydrogen) atoms. The molecule has 2 aromatic heterocycles. The van der Waals surface area contributed by atoms with E-state index in [-0.39, 0.29) is 17.2 Å². The molecule has 0 aliphatic heterocycles. The minimum atomic E-state index is -0.374. The van der Waals surface area contributed by atoms with Gasteiger partial charge in [-0.05, 0) is 19.4 Å². The third-order valence-electron chi connectivity index (χ3n) is 4.88. The van der Waals surface area contributed by atoms with E-state index in [0.29, 0.717) is 22.4 Å². The molecule has 0 spiro atoms. The molecule has 0 radical (unpaired) electrons. The first-order valence-corrected chi connectivity index (χ1v) is 10.8. The number of hydrogen-bond acceptors (Lipinski definition) is 5. The Balaban J connectivity index is 1.66. The summed E-state index contributed by atoms with van der Waals surface area (Å²) in [6, 6.07) is 15.2. The van der Waals surface area contributed by atoms with Crippen LogP contribution in [-0.4, -0.2) is 20.7 Å². The number of thiazole rings is 1. The van der Waals surface area contributed by atoms with Crippen LogP contribution in [0, 0.1) is 6.92 Å². The molecule has 0 fully saturated rings. The predicted octanol–water partition coefficient (Wildman–Crippen LogP) is 4.88. The van der Waals surface area contributed by atoms with E-state index in [9.17, 15) is 9.59 Å². The van der Waals surface area contributed by atoms with Crippen LogP contribution < -0.4 is 10.9 Å². The molecule has 1 amide bonds. The highest BCUT2D eigenvalue weighted by molar-refractivity contribution is 7.14. The molecule has 0 aliphatic carbocycles. The summed E-state index contributed by atoms with van der Waals surface area (Å²) in [5.74, 6) is -0.374. The van der Waals surface area contributed by atoms with Gasteiger partial charge in [0.2, 0.25) is 0 Å². The van der Waals surface area contributed by atoms with Crippen LogP contribution in [0.25, 0.3) is 22.0 Å². The van der Waals surface area contributed by atoms with Crippen molar-refractivity contribution in [1.82, 2.24) is 14.8 Å². The number of unbranched alkanes of at least 4 members (excludes halogenated alkanes) is 1. The average Bonchev–Trinajstić information content (AvgIpc) is 3.22. The Bertz CT molecular complexity index is 1260. The van der Waals surface area contributed by atoms with Crippen LogP contribution in [0.1, 0.15) is 35.8 Å². The van der Waals surface area contributed by atoms with Gasteiger partial charge in [-0.2, -0.15) is 5.10 Å². The molecule has 7 heteroatoms. The Hall–Kier alpha value is -3.32. The van der Waals surface area contributed by atoms with E-state index in [2.05, 4.69) is 15.4 Å². The molecule has 2 aromatic carbocycles. The second-order valence-corrected chi connectivity index (χ2v) is 7.99. The number of hydrogen-bond donors (Lipinski definition) is 1. The van der Waals surface area contributed by atoms with Crippen molar-refractivity contribution in [2.45, 2.75) is 33.2 Å². The number of anilines is 1. The van der Waals surface area contributed by atoms with Gasteiger partial charge in [-0.3, -0.25) is 14.9 Å². The maximum Gasteiger partial charge on any atom is 0.278 e. The molecule has 0 saturated heterocycles. The van der Waals surface area contributed by atoms with Gasteiger partial charge in [0.25, 0.3) is 11.5 Å². The minimum Gasteiger partial charge on any atom is -0.296 e. The summed E-state index contributed by atoms with van der Waals surface area (Å²) >= 11 is 1.36. The predicted molar refractivity (Wildman–Crippen MR) is 121 cm³/mol. The molecule has 0 aliphatic rings. The van der Waals surface area contributed by atoms with Gasteiger partial charge < -0.3 is 0 Å². The largest absolute Gasteiger partial charge is 0.296 e. The number of nitrogens with one attached hydrogen (secondary N) is 1. The van der Waals surface area contributed by atoms with Gasteiger partial charge in [0.05, 0.1) is 11.1 Å². The third kappa shape index (κ3) is 4.02. The highest BCUT2D eigenvalue weighted by atomic mass is 32.1. The first-order valence-electron chi connectivity index (χ1n) is 9.90. The lowest BCUT2D eigenvalue weighted by Crippen LogP contribution is -2.27. The summed E-state index contributed by atoms with van der Waals surface area (Å²) < 4.78 is 1.39. The summed E-state index contributed by atoms with van der Waals surface area (Å²) in [5.41, 5.74) is 3.04. The number of aryl methyl sites for hydroxylation is 2.